The smallest absolute Gasteiger partial charge is 0.325 e. The van der Waals surface area contributed by atoms with Gasteiger partial charge in [0.15, 0.2) is 11.5 Å². The first-order valence-corrected chi connectivity index (χ1v) is 13.4. The Labute approximate surface area is 213 Å². The maximum atomic E-state index is 13.7. The van der Waals surface area contributed by atoms with Crippen molar-refractivity contribution in [2.45, 2.75) is 69.9 Å². The number of urea groups is 1. The fraction of sp³-hybridized carbons (Fsp3) is 0.667. The Morgan fingerprint density at radius 3 is 2.61 bits per heavy atom. The first-order valence-electron chi connectivity index (χ1n) is 13.4. The van der Waals surface area contributed by atoms with Gasteiger partial charge in [0.25, 0.3) is 5.91 Å². The lowest BCUT2D eigenvalue weighted by Crippen LogP contribution is -2.56. The van der Waals surface area contributed by atoms with Crippen LogP contribution in [0, 0.1) is 5.92 Å². The molecule has 2 atom stereocenters. The predicted octanol–water partition coefficient (Wildman–Crippen LogP) is 2.77. The van der Waals surface area contributed by atoms with Gasteiger partial charge in [0.2, 0.25) is 12.7 Å². The second-order valence-corrected chi connectivity index (χ2v) is 10.7. The highest BCUT2D eigenvalue weighted by atomic mass is 16.7. The summed E-state index contributed by atoms with van der Waals surface area (Å²) in [6.45, 7) is 5.01. The van der Waals surface area contributed by atoms with Gasteiger partial charge in [-0.25, -0.2) is 4.79 Å². The van der Waals surface area contributed by atoms with Gasteiger partial charge in [-0.05, 0) is 75.7 Å². The van der Waals surface area contributed by atoms with E-state index in [4.69, 9.17) is 9.47 Å². The third-order valence-electron chi connectivity index (χ3n) is 8.54. The number of amides is 4. The van der Waals surface area contributed by atoms with Crippen molar-refractivity contribution >= 4 is 17.8 Å². The van der Waals surface area contributed by atoms with Crippen LogP contribution in [0.1, 0.15) is 57.4 Å². The van der Waals surface area contributed by atoms with Crippen LogP contribution in [0.4, 0.5) is 4.79 Å². The molecule has 0 unspecified atom stereocenters. The molecule has 36 heavy (non-hydrogen) atoms. The minimum absolute atomic E-state index is 0.0302. The Bertz CT molecular complexity index is 1010. The normalized spacial score (nSPS) is 26.7. The van der Waals surface area contributed by atoms with Crippen molar-refractivity contribution < 1.29 is 23.9 Å². The molecule has 4 heterocycles. The number of fused-ring (bicyclic) bond motifs is 1. The van der Waals surface area contributed by atoms with E-state index in [0.29, 0.717) is 62.9 Å². The van der Waals surface area contributed by atoms with Gasteiger partial charge in [-0.2, -0.15) is 0 Å². The number of imide groups is 1. The minimum Gasteiger partial charge on any atom is -0.454 e. The number of piperidine rings is 1. The lowest BCUT2D eigenvalue weighted by molar-refractivity contribution is -0.136. The highest BCUT2D eigenvalue weighted by molar-refractivity contribution is 6.07. The average molecular weight is 499 g/mol. The molecule has 9 heteroatoms. The third-order valence-corrected chi connectivity index (χ3v) is 8.54. The standard InChI is InChI=1S/C27H38N4O5/c1-3-11-27(25(33)31(26(34)28-27)15-10-21-5-4-12-29(21)2)20-8-13-30(14-9-20)24(32)17-19-6-7-22-23(16-19)36-18-35-22/h6-7,16,20-21H,3-5,8-15,17-18H2,1-2H3,(H,28,34)/t21-,27-/m1/s1. The molecule has 1 N–H and O–H groups in total. The van der Waals surface area contributed by atoms with Gasteiger partial charge < -0.3 is 24.6 Å². The van der Waals surface area contributed by atoms with E-state index in [2.05, 4.69) is 24.2 Å². The van der Waals surface area contributed by atoms with E-state index in [0.717, 1.165) is 31.4 Å². The summed E-state index contributed by atoms with van der Waals surface area (Å²) in [5.74, 6) is 1.42. The molecule has 0 spiro atoms. The molecule has 0 bridgehead atoms. The Kier molecular flexibility index (Phi) is 7.10. The summed E-state index contributed by atoms with van der Waals surface area (Å²) in [6.07, 6.45) is 6.29. The van der Waals surface area contributed by atoms with E-state index in [9.17, 15) is 14.4 Å². The predicted molar refractivity (Wildman–Crippen MR) is 134 cm³/mol. The lowest BCUT2D eigenvalue weighted by atomic mass is 9.74. The Balaban J connectivity index is 1.19. The number of likely N-dealkylation sites (tertiary alicyclic amines) is 2. The molecular weight excluding hydrogens is 460 g/mol. The minimum atomic E-state index is -0.847. The highest BCUT2D eigenvalue weighted by Gasteiger charge is 2.55. The molecule has 1 aromatic rings. The van der Waals surface area contributed by atoms with Crippen molar-refractivity contribution in [3.63, 3.8) is 0 Å². The zero-order valence-electron chi connectivity index (χ0n) is 21.5. The molecule has 9 nitrogen and oxygen atoms in total. The molecule has 4 amide bonds. The van der Waals surface area contributed by atoms with E-state index < -0.39 is 5.54 Å². The summed E-state index contributed by atoms with van der Waals surface area (Å²) in [4.78, 5) is 45.3. The number of nitrogens with zero attached hydrogens (tertiary/aromatic N) is 3. The van der Waals surface area contributed by atoms with Crippen molar-refractivity contribution in [3.05, 3.63) is 23.8 Å². The van der Waals surface area contributed by atoms with E-state index >= 15 is 0 Å². The number of nitrogens with one attached hydrogen (secondary N) is 1. The van der Waals surface area contributed by atoms with Gasteiger partial charge in [0, 0.05) is 25.7 Å². The largest absolute Gasteiger partial charge is 0.454 e. The number of ether oxygens (including phenoxy) is 2. The number of hydrogen-bond acceptors (Lipinski definition) is 6. The molecule has 4 aliphatic heterocycles. The summed E-state index contributed by atoms with van der Waals surface area (Å²) in [6, 6.07) is 5.80. The first-order chi connectivity index (χ1) is 17.4. The van der Waals surface area contributed by atoms with E-state index in [1.807, 2.05) is 23.1 Å². The molecule has 1 aromatic carbocycles. The topological polar surface area (TPSA) is 91.4 Å². The molecule has 3 fully saturated rings. The zero-order valence-corrected chi connectivity index (χ0v) is 21.5. The lowest BCUT2D eigenvalue weighted by Gasteiger charge is -2.41. The van der Waals surface area contributed by atoms with E-state index in [1.165, 1.54) is 11.3 Å². The van der Waals surface area contributed by atoms with Crippen LogP contribution in [-0.4, -0.2) is 84.1 Å². The number of carbonyl (C=O) groups excluding carboxylic acids is 3. The fourth-order valence-corrected chi connectivity index (χ4v) is 6.47. The summed E-state index contributed by atoms with van der Waals surface area (Å²) < 4.78 is 10.8. The molecule has 0 aromatic heterocycles. The van der Waals surface area contributed by atoms with Gasteiger partial charge in [-0.3, -0.25) is 14.5 Å². The SMILES string of the molecule is CCC[C@]1(C2CCN(C(=O)Cc3ccc4c(c3)OCO4)CC2)NC(=O)N(CC[C@H]2CCCN2C)C1=O. The summed E-state index contributed by atoms with van der Waals surface area (Å²) in [5.41, 5.74) is 0.0514. The van der Waals surface area contributed by atoms with E-state index in [1.54, 1.807) is 0 Å². The van der Waals surface area contributed by atoms with Crippen LogP contribution in [0.15, 0.2) is 18.2 Å². The monoisotopic (exact) mass is 498 g/mol. The van der Waals surface area contributed by atoms with Crippen molar-refractivity contribution in [3.8, 4) is 11.5 Å². The number of carbonyl (C=O) groups is 3. The second kappa shape index (κ2) is 10.3. The first kappa shape index (κ1) is 24.9. The molecule has 0 aliphatic carbocycles. The highest BCUT2D eigenvalue weighted by Crippen LogP contribution is 2.38. The van der Waals surface area contributed by atoms with Crippen LogP contribution in [0.5, 0.6) is 11.5 Å². The van der Waals surface area contributed by atoms with Crippen LogP contribution < -0.4 is 14.8 Å². The Morgan fingerprint density at radius 1 is 1.11 bits per heavy atom. The van der Waals surface area contributed by atoms with E-state index in [-0.39, 0.29) is 30.6 Å². The molecule has 0 saturated carbocycles. The summed E-state index contributed by atoms with van der Waals surface area (Å²) >= 11 is 0. The van der Waals surface area contributed by atoms with Crippen molar-refractivity contribution in [1.82, 2.24) is 20.0 Å². The number of hydrogen-bond donors (Lipinski definition) is 1. The van der Waals surface area contributed by atoms with Crippen LogP contribution in [0.2, 0.25) is 0 Å². The zero-order chi connectivity index (χ0) is 25.3. The number of benzene rings is 1. The Hall–Kier alpha value is -2.81. The second-order valence-electron chi connectivity index (χ2n) is 10.7. The fourth-order valence-electron chi connectivity index (χ4n) is 6.47. The van der Waals surface area contributed by atoms with Gasteiger partial charge in [-0.1, -0.05) is 19.4 Å². The van der Waals surface area contributed by atoms with Crippen LogP contribution in [-0.2, 0) is 16.0 Å². The molecular formula is C27H38N4O5. The quantitative estimate of drug-likeness (QED) is 0.555. The van der Waals surface area contributed by atoms with Crippen molar-refractivity contribution in [2.75, 3.05) is 40.0 Å². The maximum Gasteiger partial charge on any atom is 0.325 e. The van der Waals surface area contributed by atoms with Crippen molar-refractivity contribution in [2.24, 2.45) is 5.92 Å². The molecule has 4 aliphatic rings. The number of rotatable bonds is 8. The van der Waals surface area contributed by atoms with Crippen molar-refractivity contribution in [1.29, 1.82) is 0 Å². The molecule has 0 radical (unpaired) electrons. The summed E-state index contributed by atoms with van der Waals surface area (Å²) in [5, 5.41) is 3.13. The van der Waals surface area contributed by atoms with Gasteiger partial charge >= 0.3 is 6.03 Å². The van der Waals surface area contributed by atoms with Crippen LogP contribution in [0.3, 0.4) is 0 Å². The maximum absolute atomic E-state index is 13.7. The molecule has 5 rings (SSSR count). The van der Waals surface area contributed by atoms with Gasteiger partial charge in [-0.15, -0.1) is 0 Å². The van der Waals surface area contributed by atoms with Crippen LogP contribution >= 0.6 is 0 Å². The van der Waals surface area contributed by atoms with Crippen LogP contribution in [0.25, 0.3) is 0 Å². The Morgan fingerprint density at radius 2 is 1.89 bits per heavy atom. The molecule has 3 saturated heterocycles. The summed E-state index contributed by atoms with van der Waals surface area (Å²) in [7, 11) is 2.12. The van der Waals surface area contributed by atoms with Gasteiger partial charge in [0.1, 0.15) is 5.54 Å². The third kappa shape index (κ3) is 4.65. The average Bonchev–Trinajstić information content (AvgIpc) is 3.57. The van der Waals surface area contributed by atoms with Gasteiger partial charge in [0.05, 0.1) is 6.42 Å². The molecule has 196 valence electrons.